The van der Waals surface area contributed by atoms with Gasteiger partial charge in [-0.3, -0.25) is 14.3 Å². The zero-order chi connectivity index (χ0) is 29.4. The molecule has 2 fully saturated rings. The molecule has 0 bridgehead atoms. The van der Waals surface area contributed by atoms with Gasteiger partial charge in [-0.25, -0.2) is 0 Å². The SMILES string of the molecule is COc1cc(CN(CC2CCC(C(=O)O)CC2)C(C)c2ccc3c(c2)CCO3)ccc1C1CC1Cn1c(O)ccc1O. The minimum atomic E-state index is -0.661. The van der Waals surface area contributed by atoms with Gasteiger partial charge in [0.2, 0.25) is 0 Å². The Labute approximate surface area is 247 Å². The minimum absolute atomic E-state index is 0.0852. The Morgan fingerprint density at radius 2 is 1.83 bits per heavy atom. The fourth-order valence-corrected chi connectivity index (χ4v) is 7.05. The van der Waals surface area contributed by atoms with Gasteiger partial charge in [-0.2, -0.15) is 0 Å². The lowest BCUT2D eigenvalue weighted by atomic mass is 9.81. The molecule has 2 saturated carbocycles. The van der Waals surface area contributed by atoms with E-state index in [1.807, 2.05) is 0 Å². The molecule has 0 spiro atoms. The molecule has 1 aromatic heterocycles. The summed E-state index contributed by atoms with van der Waals surface area (Å²) in [5.41, 5.74) is 4.90. The van der Waals surface area contributed by atoms with Crippen LogP contribution in [-0.2, 0) is 24.3 Å². The van der Waals surface area contributed by atoms with Crippen LogP contribution >= 0.6 is 0 Å². The maximum absolute atomic E-state index is 11.5. The number of carboxylic acid groups (broad SMARTS) is 1. The second-order valence-corrected chi connectivity index (χ2v) is 12.5. The van der Waals surface area contributed by atoms with E-state index < -0.39 is 5.97 Å². The Bertz CT molecular complexity index is 1410. The molecule has 0 amide bonds. The summed E-state index contributed by atoms with van der Waals surface area (Å²) in [4.78, 5) is 14.1. The van der Waals surface area contributed by atoms with Crippen molar-refractivity contribution >= 4 is 5.97 Å². The summed E-state index contributed by atoms with van der Waals surface area (Å²) in [6.07, 6.45) is 5.31. The number of aromatic hydroxyl groups is 2. The number of ether oxygens (including phenoxy) is 2. The number of carboxylic acids is 1. The third-order valence-corrected chi connectivity index (χ3v) is 9.79. The number of aromatic nitrogens is 1. The molecule has 3 N–H and O–H groups in total. The van der Waals surface area contributed by atoms with Gasteiger partial charge in [-0.05, 0) is 91.2 Å². The molecule has 1 aliphatic heterocycles. The lowest BCUT2D eigenvalue weighted by Gasteiger charge is -2.35. The van der Waals surface area contributed by atoms with Crippen LogP contribution in [0.3, 0.4) is 0 Å². The average molecular weight is 575 g/mol. The third-order valence-electron chi connectivity index (χ3n) is 9.79. The summed E-state index contributed by atoms with van der Waals surface area (Å²) in [5.74, 6) is 2.29. The maximum atomic E-state index is 11.5. The number of hydrogen-bond acceptors (Lipinski definition) is 6. The Morgan fingerprint density at radius 1 is 1.07 bits per heavy atom. The maximum Gasteiger partial charge on any atom is 0.306 e. The number of hydrogen-bond donors (Lipinski definition) is 3. The van der Waals surface area contributed by atoms with Crippen molar-refractivity contribution in [2.75, 3.05) is 20.3 Å². The molecular formula is C34H42N2O6. The van der Waals surface area contributed by atoms with Crippen LogP contribution in [0.1, 0.15) is 73.2 Å². The van der Waals surface area contributed by atoms with Gasteiger partial charge in [0.25, 0.3) is 0 Å². The Kier molecular flexibility index (Phi) is 8.08. The lowest BCUT2D eigenvalue weighted by molar-refractivity contribution is -0.143. The molecule has 3 unspecified atom stereocenters. The number of benzene rings is 2. The first-order chi connectivity index (χ1) is 20.3. The first-order valence-electron chi connectivity index (χ1n) is 15.3. The summed E-state index contributed by atoms with van der Waals surface area (Å²) < 4.78 is 13.2. The van der Waals surface area contributed by atoms with Gasteiger partial charge in [-0.15, -0.1) is 0 Å². The highest BCUT2D eigenvalue weighted by molar-refractivity contribution is 5.70. The quantitative estimate of drug-likeness (QED) is 0.254. The van der Waals surface area contributed by atoms with Crippen molar-refractivity contribution < 1.29 is 29.6 Å². The second kappa shape index (κ2) is 11.9. The van der Waals surface area contributed by atoms with E-state index in [4.69, 9.17) is 9.47 Å². The summed E-state index contributed by atoms with van der Waals surface area (Å²) in [5, 5.41) is 29.6. The number of nitrogens with zero attached hydrogens (tertiary/aromatic N) is 2. The van der Waals surface area contributed by atoms with E-state index in [2.05, 4.69) is 48.2 Å². The summed E-state index contributed by atoms with van der Waals surface area (Å²) in [6.45, 7) is 5.27. The largest absolute Gasteiger partial charge is 0.496 e. The molecule has 3 atom stereocenters. The Morgan fingerprint density at radius 3 is 2.55 bits per heavy atom. The van der Waals surface area contributed by atoms with Crippen molar-refractivity contribution in [2.45, 2.75) is 70.5 Å². The molecule has 6 rings (SSSR count). The molecule has 0 radical (unpaired) electrons. The monoisotopic (exact) mass is 574 g/mol. The van der Waals surface area contributed by atoms with Crippen molar-refractivity contribution in [3.63, 3.8) is 0 Å². The summed E-state index contributed by atoms with van der Waals surface area (Å²) >= 11 is 0. The van der Waals surface area contributed by atoms with Crippen molar-refractivity contribution in [2.24, 2.45) is 17.8 Å². The van der Waals surface area contributed by atoms with Gasteiger partial charge < -0.3 is 24.8 Å². The smallest absolute Gasteiger partial charge is 0.306 e. The molecule has 8 nitrogen and oxygen atoms in total. The highest BCUT2D eigenvalue weighted by Gasteiger charge is 2.41. The molecular weight excluding hydrogens is 532 g/mol. The number of aliphatic carboxylic acids is 1. The summed E-state index contributed by atoms with van der Waals surface area (Å²) in [6, 6.07) is 16.3. The highest BCUT2D eigenvalue weighted by atomic mass is 16.5. The zero-order valence-electron chi connectivity index (χ0n) is 24.5. The van der Waals surface area contributed by atoms with Crippen molar-refractivity contribution in [3.05, 3.63) is 70.8 Å². The third kappa shape index (κ3) is 5.95. The van der Waals surface area contributed by atoms with Crippen LogP contribution in [0.5, 0.6) is 23.3 Å². The topological polar surface area (TPSA) is 104 Å². The molecule has 224 valence electrons. The van der Waals surface area contributed by atoms with E-state index in [0.29, 0.717) is 24.3 Å². The molecule has 2 heterocycles. The summed E-state index contributed by atoms with van der Waals surface area (Å²) in [7, 11) is 1.72. The van der Waals surface area contributed by atoms with Crippen LogP contribution in [0.2, 0.25) is 0 Å². The first kappa shape index (κ1) is 28.5. The number of methoxy groups -OCH3 is 1. The number of rotatable bonds is 11. The van der Waals surface area contributed by atoms with Crippen LogP contribution in [0.25, 0.3) is 0 Å². The molecule has 3 aliphatic rings. The zero-order valence-corrected chi connectivity index (χ0v) is 24.5. The van der Waals surface area contributed by atoms with Gasteiger partial charge >= 0.3 is 5.97 Å². The standard InChI is InChI=1S/C34H42N2O6/c1-21(25-8-10-30-26(16-25)13-14-42-30)35(18-22-3-6-24(7-4-22)34(39)40)19-23-5-9-28(31(15-23)41-2)29-17-27(29)20-36-32(37)11-12-33(36)38/h5,8-12,15-16,21-22,24,27,29,37-38H,3-4,6-7,13-14,17-20H2,1-2H3,(H,39,40). The van der Waals surface area contributed by atoms with Crippen LogP contribution in [0, 0.1) is 17.8 Å². The highest BCUT2D eigenvalue weighted by Crippen LogP contribution is 2.52. The van der Waals surface area contributed by atoms with Crippen LogP contribution in [-0.4, -0.2) is 51.0 Å². The number of carbonyl (C=O) groups is 1. The molecule has 42 heavy (non-hydrogen) atoms. The van der Waals surface area contributed by atoms with Crippen LogP contribution in [0.15, 0.2) is 48.5 Å². The van der Waals surface area contributed by atoms with Gasteiger partial charge in [0.15, 0.2) is 11.8 Å². The van der Waals surface area contributed by atoms with E-state index >= 15 is 0 Å². The predicted octanol–water partition coefficient (Wildman–Crippen LogP) is 6.10. The van der Waals surface area contributed by atoms with Gasteiger partial charge in [0.05, 0.1) is 19.6 Å². The first-order valence-corrected chi connectivity index (χ1v) is 15.3. The second-order valence-electron chi connectivity index (χ2n) is 12.5. The Balaban J connectivity index is 1.19. The average Bonchev–Trinajstić information content (AvgIpc) is 3.47. The van der Waals surface area contributed by atoms with E-state index in [1.54, 1.807) is 11.7 Å². The van der Waals surface area contributed by atoms with Crippen LogP contribution in [0.4, 0.5) is 0 Å². The number of fused-ring (bicyclic) bond motifs is 1. The van der Waals surface area contributed by atoms with E-state index in [9.17, 15) is 20.1 Å². The van der Waals surface area contributed by atoms with Crippen molar-refractivity contribution in [1.29, 1.82) is 0 Å². The van der Waals surface area contributed by atoms with Crippen molar-refractivity contribution in [3.8, 4) is 23.3 Å². The van der Waals surface area contributed by atoms with Gasteiger partial charge in [0.1, 0.15) is 11.5 Å². The fourth-order valence-electron chi connectivity index (χ4n) is 7.05. The minimum Gasteiger partial charge on any atom is -0.496 e. The molecule has 3 aromatic rings. The van der Waals surface area contributed by atoms with E-state index in [0.717, 1.165) is 69.7 Å². The van der Waals surface area contributed by atoms with Crippen LogP contribution < -0.4 is 9.47 Å². The van der Waals surface area contributed by atoms with E-state index in [1.165, 1.54) is 34.4 Å². The van der Waals surface area contributed by atoms with Crippen molar-refractivity contribution in [1.82, 2.24) is 9.47 Å². The normalized spacial score (nSPS) is 23.8. The molecule has 0 saturated heterocycles. The predicted molar refractivity (Wildman–Crippen MR) is 159 cm³/mol. The fraction of sp³-hybridized carbons (Fsp3) is 0.500. The van der Waals surface area contributed by atoms with Gasteiger partial charge in [-0.1, -0.05) is 24.3 Å². The Hall–Kier alpha value is -3.65. The molecule has 2 aliphatic carbocycles. The molecule has 8 heteroatoms. The van der Waals surface area contributed by atoms with Gasteiger partial charge in [0, 0.05) is 44.2 Å². The molecule has 2 aromatic carbocycles. The van der Waals surface area contributed by atoms with E-state index in [-0.39, 0.29) is 23.7 Å². The lowest BCUT2D eigenvalue weighted by Crippen LogP contribution is -2.34.